The summed E-state index contributed by atoms with van der Waals surface area (Å²) in [6.45, 7) is 0. The molecular formula is C22H17N5. The van der Waals surface area contributed by atoms with Crippen LogP contribution >= 0.6 is 0 Å². The zero-order valence-corrected chi connectivity index (χ0v) is 14.5. The van der Waals surface area contributed by atoms with Crippen molar-refractivity contribution in [1.29, 1.82) is 0 Å². The van der Waals surface area contributed by atoms with Gasteiger partial charge in [-0.05, 0) is 48.5 Å². The molecule has 130 valence electrons. The molecule has 0 saturated carbocycles. The van der Waals surface area contributed by atoms with E-state index < -0.39 is 0 Å². The number of nitrogen functional groups attached to an aromatic ring is 1. The van der Waals surface area contributed by atoms with Gasteiger partial charge in [-0.3, -0.25) is 0 Å². The summed E-state index contributed by atoms with van der Waals surface area (Å²) < 4.78 is 0. The number of hydrogen-bond acceptors (Lipinski definition) is 5. The molecule has 0 aliphatic heterocycles. The topological polar surface area (TPSA) is 75.5 Å². The van der Waals surface area contributed by atoms with Crippen LogP contribution in [0.4, 0.5) is 28.4 Å². The summed E-state index contributed by atoms with van der Waals surface area (Å²) in [4.78, 5) is 0. The average molecular weight is 351 g/mol. The lowest BCUT2D eigenvalue weighted by Gasteiger charge is -2.04. The summed E-state index contributed by atoms with van der Waals surface area (Å²) in [5.74, 6) is 0. The van der Waals surface area contributed by atoms with E-state index in [0.29, 0.717) is 5.69 Å². The molecule has 0 aromatic heterocycles. The first-order valence-electron chi connectivity index (χ1n) is 8.55. The van der Waals surface area contributed by atoms with Gasteiger partial charge in [0, 0.05) is 16.5 Å². The number of benzene rings is 4. The van der Waals surface area contributed by atoms with Crippen LogP contribution in [0.2, 0.25) is 0 Å². The highest BCUT2D eigenvalue weighted by Gasteiger charge is 2.05. The lowest BCUT2D eigenvalue weighted by atomic mass is 10.1. The Hall–Kier alpha value is -3.86. The third kappa shape index (κ3) is 3.88. The summed E-state index contributed by atoms with van der Waals surface area (Å²) in [5.41, 5.74) is 9.54. The summed E-state index contributed by atoms with van der Waals surface area (Å²) in [7, 11) is 0. The third-order valence-electron chi connectivity index (χ3n) is 4.07. The Balaban J connectivity index is 1.70. The van der Waals surface area contributed by atoms with E-state index in [0.717, 1.165) is 33.5 Å². The second kappa shape index (κ2) is 7.58. The van der Waals surface area contributed by atoms with Gasteiger partial charge < -0.3 is 5.73 Å². The van der Waals surface area contributed by atoms with Crippen molar-refractivity contribution in [2.24, 2.45) is 20.5 Å². The van der Waals surface area contributed by atoms with Gasteiger partial charge in [-0.25, -0.2) is 0 Å². The van der Waals surface area contributed by atoms with Gasteiger partial charge in [0.1, 0.15) is 0 Å². The minimum Gasteiger partial charge on any atom is -0.399 e. The Morgan fingerprint density at radius 1 is 0.444 bits per heavy atom. The van der Waals surface area contributed by atoms with Crippen LogP contribution in [0.1, 0.15) is 0 Å². The molecule has 4 aromatic carbocycles. The van der Waals surface area contributed by atoms with Gasteiger partial charge in [-0.1, -0.05) is 42.5 Å². The Morgan fingerprint density at radius 2 is 0.926 bits per heavy atom. The fourth-order valence-corrected chi connectivity index (χ4v) is 2.70. The van der Waals surface area contributed by atoms with Crippen LogP contribution in [0.5, 0.6) is 0 Å². The lowest BCUT2D eigenvalue weighted by molar-refractivity contribution is 1.23. The molecule has 5 heteroatoms. The van der Waals surface area contributed by atoms with Crippen molar-refractivity contribution >= 4 is 39.2 Å². The maximum absolute atomic E-state index is 5.70. The van der Waals surface area contributed by atoms with Crippen LogP contribution in [0, 0.1) is 0 Å². The normalized spacial score (nSPS) is 11.6. The molecule has 4 aromatic rings. The second-order valence-electron chi connectivity index (χ2n) is 5.98. The molecule has 0 unspecified atom stereocenters. The monoisotopic (exact) mass is 351 g/mol. The SMILES string of the molecule is Nc1ccc(N=Nc2ccc(N=Nc3ccccc3)c3ccccc23)cc1. The maximum atomic E-state index is 5.70. The first kappa shape index (κ1) is 16.6. The molecule has 0 atom stereocenters. The third-order valence-corrected chi connectivity index (χ3v) is 4.07. The van der Waals surface area contributed by atoms with Crippen LogP contribution in [0.15, 0.2) is 111 Å². The minimum atomic E-state index is 0.701. The number of anilines is 1. The minimum absolute atomic E-state index is 0.701. The highest BCUT2D eigenvalue weighted by molar-refractivity contribution is 5.99. The van der Waals surface area contributed by atoms with E-state index in [1.807, 2.05) is 78.9 Å². The predicted molar refractivity (Wildman–Crippen MR) is 110 cm³/mol. The van der Waals surface area contributed by atoms with Crippen LogP contribution in [0.25, 0.3) is 10.8 Å². The van der Waals surface area contributed by atoms with Gasteiger partial charge in [0.15, 0.2) is 0 Å². The number of hydrogen-bond donors (Lipinski definition) is 1. The molecule has 0 amide bonds. The Morgan fingerprint density at radius 3 is 1.48 bits per heavy atom. The van der Waals surface area contributed by atoms with Crippen molar-refractivity contribution in [3.63, 3.8) is 0 Å². The zero-order valence-electron chi connectivity index (χ0n) is 14.5. The molecule has 0 heterocycles. The first-order valence-corrected chi connectivity index (χ1v) is 8.55. The van der Waals surface area contributed by atoms with Crippen molar-refractivity contribution in [2.45, 2.75) is 0 Å². The second-order valence-corrected chi connectivity index (χ2v) is 5.98. The predicted octanol–water partition coefficient (Wildman–Crippen LogP) is 7.25. The highest BCUT2D eigenvalue weighted by atomic mass is 15.1. The lowest BCUT2D eigenvalue weighted by Crippen LogP contribution is -1.80. The van der Waals surface area contributed by atoms with E-state index >= 15 is 0 Å². The van der Waals surface area contributed by atoms with Crippen LogP contribution in [0.3, 0.4) is 0 Å². The number of rotatable bonds is 4. The number of azo groups is 2. The molecular weight excluding hydrogens is 334 g/mol. The van der Waals surface area contributed by atoms with Crippen LogP contribution in [-0.4, -0.2) is 0 Å². The van der Waals surface area contributed by atoms with Gasteiger partial charge in [0.25, 0.3) is 0 Å². The van der Waals surface area contributed by atoms with Gasteiger partial charge in [-0.15, -0.1) is 10.2 Å². The molecule has 27 heavy (non-hydrogen) atoms. The number of nitrogens with two attached hydrogens (primary N) is 1. The smallest absolute Gasteiger partial charge is 0.0936 e. The van der Waals surface area contributed by atoms with E-state index in [1.54, 1.807) is 12.1 Å². The molecule has 4 rings (SSSR count). The average Bonchev–Trinajstić information content (AvgIpc) is 2.73. The Kier molecular flexibility index (Phi) is 4.66. The van der Waals surface area contributed by atoms with Crippen molar-refractivity contribution in [3.05, 3.63) is 91.0 Å². The first-order chi connectivity index (χ1) is 13.3. The van der Waals surface area contributed by atoms with Gasteiger partial charge in [0.05, 0.1) is 22.7 Å². The molecule has 0 radical (unpaired) electrons. The van der Waals surface area contributed by atoms with E-state index in [9.17, 15) is 0 Å². The Bertz CT molecular complexity index is 1120. The highest BCUT2D eigenvalue weighted by Crippen LogP contribution is 2.35. The van der Waals surface area contributed by atoms with Crippen LogP contribution < -0.4 is 5.73 Å². The zero-order chi connectivity index (χ0) is 18.5. The van der Waals surface area contributed by atoms with Crippen LogP contribution in [-0.2, 0) is 0 Å². The van der Waals surface area contributed by atoms with Crippen molar-refractivity contribution < 1.29 is 0 Å². The molecule has 0 fully saturated rings. The molecule has 5 nitrogen and oxygen atoms in total. The molecule has 0 saturated heterocycles. The van der Waals surface area contributed by atoms with Crippen molar-refractivity contribution in [3.8, 4) is 0 Å². The number of fused-ring (bicyclic) bond motifs is 1. The summed E-state index contributed by atoms with van der Waals surface area (Å²) in [6.07, 6.45) is 0. The maximum Gasteiger partial charge on any atom is 0.0936 e. The fraction of sp³-hybridized carbons (Fsp3) is 0. The molecule has 0 aliphatic carbocycles. The summed E-state index contributed by atoms with van der Waals surface area (Å²) in [5, 5.41) is 19.4. The van der Waals surface area contributed by atoms with E-state index in [4.69, 9.17) is 5.73 Å². The van der Waals surface area contributed by atoms with Gasteiger partial charge in [0.2, 0.25) is 0 Å². The molecule has 2 N–H and O–H groups in total. The van der Waals surface area contributed by atoms with Crippen molar-refractivity contribution in [2.75, 3.05) is 5.73 Å². The summed E-state index contributed by atoms with van der Waals surface area (Å²) in [6, 6.07) is 28.7. The van der Waals surface area contributed by atoms with E-state index in [-0.39, 0.29) is 0 Å². The largest absolute Gasteiger partial charge is 0.399 e. The fourth-order valence-electron chi connectivity index (χ4n) is 2.70. The molecule has 0 spiro atoms. The molecule has 0 bridgehead atoms. The standard InChI is InChI=1S/C22H17N5/c23-16-10-12-18(13-11-16)25-27-22-15-14-21(19-8-4-5-9-20(19)22)26-24-17-6-2-1-3-7-17/h1-15H,23H2. The van der Waals surface area contributed by atoms with Gasteiger partial charge in [-0.2, -0.15) is 10.2 Å². The quantitative estimate of drug-likeness (QED) is 0.305. The van der Waals surface area contributed by atoms with Crippen molar-refractivity contribution in [1.82, 2.24) is 0 Å². The summed E-state index contributed by atoms with van der Waals surface area (Å²) >= 11 is 0. The van der Waals surface area contributed by atoms with Gasteiger partial charge >= 0.3 is 0 Å². The Labute approximate surface area is 156 Å². The van der Waals surface area contributed by atoms with E-state index in [1.165, 1.54) is 0 Å². The van der Waals surface area contributed by atoms with E-state index in [2.05, 4.69) is 20.5 Å². The number of nitrogens with zero attached hydrogens (tertiary/aromatic N) is 4. The molecule has 0 aliphatic rings.